The number of halogens is 2. The van der Waals surface area contributed by atoms with Crippen molar-refractivity contribution in [3.05, 3.63) is 10.6 Å². The first-order valence-corrected chi connectivity index (χ1v) is 9.57. The maximum Gasteiger partial charge on any atom is 0.0293 e. The smallest absolute Gasteiger partial charge is 0.0293 e. The van der Waals surface area contributed by atoms with E-state index in [4.69, 9.17) is 23.2 Å². The van der Waals surface area contributed by atoms with E-state index in [0.717, 1.165) is 11.5 Å². The highest BCUT2D eigenvalue weighted by Crippen LogP contribution is 2.16. The zero-order valence-corrected chi connectivity index (χ0v) is 15.0. The fraction of sp³-hybridized carbons (Fsp3) is 0.889. The molecule has 0 fully saturated rings. The van der Waals surface area contributed by atoms with Crippen LogP contribution < -0.4 is 0 Å². The summed E-state index contributed by atoms with van der Waals surface area (Å²) in [6.45, 7) is 2.28. The molecule has 0 aromatic carbocycles. The van der Waals surface area contributed by atoms with Gasteiger partial charge in [-0.25, -0.2) is 0 Å². The number of allylic oxidation sites excluding steroid dienone is 1. The standard InChI is InChI=1S/C18H34Cl2/c1-2-3-4-5-6-7-8-9-10-11-12-13-14-15-16-18(20)17-19/h17H,2-16H2,1H3. The molecule has 120 valence electrons. The lowest BCUT2D eigenvalue weighted by atomic mass is 10.0. The highest BCUT2D eigenvalue weighted by atomic mass is 35.5. The number of rotatable bonds is 15. The Morgan fingerprint density at radius 2 is 1.00 bits per heavy atom. The minimum absolute atomic E-state index is 0.797. The summed E-state index contributed by atoms with van der Waals surface area (Å²) in [6.07, 6.45) is 20.5. The molecule has 0 aromatic rings. The topological polar surface area (TPSA) is 0 Å². The van der Waals surface area contributed by atoms with Crippen LogP contribution in [0.15, 0.2) is 10.6 Å². The van der Waals surface area contributed by atoms with Crippen molar-refractivity contribution in [2.45, 2.75) is 103 Å². The maximum absolute atomic E-state index is 5.85. The predicted molar refractivity (Wildman–Crippen MR) is 94.7 cm³/mol. The van der Waals surface area contributed by atoms with Gasteiger partial charge >= 0.3 is 0 Å². The van der Waals surface area contributed by atoms with Crippen molar-refractivity contribution in [3.63, 3.8) is 0 Å². The van der Waals surface area contributed by atoms with Crippen LogP contribution in [0, 0.1) is 0 Å². The van der Waals surface area contributed by atoms with E-state index in [1.54, 1.807) is 0 Å². The normalized spacial score (nSPS) is 12.1. The lowest BCUT2D eigenvalue weighted by Gasteiger charge is -2.03. The minimum Gasteiger partial charge on any atom is -0.0917 e. The van der Waals surface area contributed by atoms with Crippen molar-refractivity contribution < 1.29 is 0 Å². The molecule has 0 atom stereocenters. The van der Waals surface area contributed by atoms with Crippen molar-refractivity contribution in [1.29, 1.82) is 0 Å². The first kappa shape index (κ1) is 20.3. The van der Waals surface area contributed by atoms with E-state index in [9.17, 15) is 0 Å². The van der Waals surface area contributed by atoms with Gasteiger partial charge in [0.15, 0.2) is 0 Å². The van der Waals surface area contributed by atoms with Gasteiger partial charge < -0.3 is 0 Å². The fourth-order valence-corrected chi connectivity index (χ4v) is 2.79. The zero-order valence-electron chi connectivity index (χ0n) is 13.4. The van der Waals surface area contributed by atoms with E-state index >= 15 is 0 Å². The van der Waals surface area contributed by atoms with E-state index < -0.39 is 0 Å². The summed E-state index contributed by atoms with van der Waals surface area (Å²) in [4.78, 5) is 0. The second-order valence-corrected chi connectivity index (χ2v) is 6.61. The Kier molecular flexibility index (Phi) is 17.6. The van der Waals surface area contributed by atoms with Gasteiger partial charge in [-0.05, 0) is 12.8 Å². The van der Waals surface area contributed by atoms with Crippen LogP contribution in [-0.4, -0.2) is 0 Å². The third kappa shape index (κ3) is 16.4. The van der Waals surface area contributed by atoms with Gasteiger partial charge in [0, 0.05) is 10.6 Å². The molecule has 0 aliphatic carbocycles. The molecule has 0 amide bonds. The van der Waals surface area contributed by atoms with E-state index in [1.807, 2.05) is 0 Å². The second-order valence-electron chi connectivity index (χ2n) is 5.90. The van der Waals surface area contributed by atoms with Crippen molar-refractivity contribution in [2.24, 2.45) is 0 Å². The maximum atomic E-state index is 5.85. The Hall–Kier alpha value is 0.320. The Balaban J connectivity index is 2.99. The average molecular weight is 321 g/mol. The van der Waals surface area contributed by atoms with Crippen LogP contribution >= 0.6 is 23.2 Å². The first-order valence-electron chi connectivity index (χ1n) is 8.76. The minimum atomic E-state index is 0.797. The van der Waals surface area contributed by atoms with Crippen molar-refractivity contribution in [2.75, 3.05) is 0 Å². The molecule has 2 heteroatoms. The first-order chi connectivity index (χ1) is 9.81. The summed E-state index contributed by atoms with van der Waals surface area (Å²) in [5, 5.41) is 0.797. The van der Waals surface area contributed by atoms with E-state index in [-0.39, 0.29) is 0 Å². The molecule has 0 spiro atoms. The van der Waals surface area contributed by atoms with Crippen LogP contribution in [0.1, 0.15) is 103 Å². The van der Waals surface area contributed by atoms with Crippen LogP contribution in [0.25, 0.3) is 0 Å². The van der Waals surface area contributed by atoms with Crippen molar-refractivity contribution in [3.8, 4) is 0 Å². The largest absolute Gasteiger partial charge is 0.0917 e. The molecule has 0 unspecified atom stereocenters. The van der Waals surface area contributed by atoms with Gasteiger partial charge in [-0.1, -0.05) is 114 Å². The predicted octanol–water partition coefficient (Wildman–Crippen LogP) is 8.18. The summed E-state index contributed by atoms with van der Waals surface area (Å²) in [5.41, 5.74) is 1.49. The Morgan fingerprint density at radius 1 is 0.650 bits per heavy atom. The monoisotopic (exact) mass is 320 g/mol. The van der Waals surface area contributed by atoms with Gasteiger partial charge in [0.2, 0.25) is 0 Å². The lowest BCUT2D eigenvalue weighted by Crippen LogP contribution is -1.83. The highest BCUT2D eigenvalue weighted by Gasteiger charge is 1.95. The second kappa shape index (κ2) is 17.4. The highest BCUT2D eigenvalue weighted by molar-refractivity contribution is 6.36. The third-order valence-corrected chi connectivity index (χ3v) is 4.56. The van der Waals surface area contributed by atoms with Crippen molar-refractivity contribution in [1.82, 2.24) is 0 Å². The molecule has 0 aliphatic rings. The third-order valence-electron chi connectivity index (χ3n) is 3.89. The molecular weight excluding hydrogens is 287 g/mol. The van der Waals surface area contributed by atoms with Crippen LogP contribution in [0.3, 0.4) is 0 Å². The summed E-state index contributed by atoms with van der Waals surface area (Å²) in [6, 6.07) is 0. The Bertz CT molecular complexity index is 211. The van der Waals surface area contributed by atoms with Crippen LogP contribution in [0.5, 0.6) is 0 Å². The summed E-state index contributed by atoms with van der Waals surface area (Å²) in [7, 11) is 0. The SMILES string of the molecule is CCCCCCCCCCCCCCCCC(Cl)=CCl. The average Bonchev–Trinajstić information content (AvgIpc) is 2.47. The number of unbranched alkanes of at least 4 members (excludes halogenated alkanes) is 13. The van der Waals surface area contributed by atoms with Gasteiger partial charge in [0.1, 0.15) is 0 Å². The molecule has 0 bridgehead atoms. The molecule has 0 N–H and O–H groups in total. The zero-order chi connectivity index (χ0) is 14.9. The van der Waals surface area contributed by atoms with Crippen LogP contribution in [0.2, 0.25) is 0 Å². The molecule has 0 saturated carbocycles. The van der Waals surface area contributed by atoms with Gasteiger partial charge in [0.25, 0.3) is 0 Å². The molecular formula is C18H34Cl2. The molecule has 0 radical (unpaired) electrons. The fourth-order valence-electron chi connectivity index (χ4n) is 2.54. The van der Waals surface area contributed by atoms with Gasteiger partial charge in [0.05, 0.1) is 0 Å². The molecule has 0 saturated heterocycles. The summed E-state index contributed by atoms with van der Waals surface area (Å²) >= 11 is 11.4. The Morgan fingerprint density at radius 3 is 1.35 bits per heavy atom. The van der Waals surface area contributed by atoms with Gasteiger partial charge in [-0.15, -0.1) is 0 Å². The Labute approximate surface area is 137 Å². The molecule has 20 heavy (non-hydrogen) atoms. The molecule has 0 aromatic heterocycles. The molecule has 0 rings (SSSR count). The summed E-state index contributed by atoms with van der Waals surface area (Å²) in [5.74, 6) is 0. The van der Waals surface area contributed by atoms with Gasteiger partial charge in [-0.3, -0.25) is 0 Å². The van der Waals surface area contributed by atoms with Gasteiger partial charge in [-0.2, -0.15) is 0 Å². The number of hydrogen-bond acceptors (Lipinski definition) is 0. The van der Waals surface area contributed by atoms with E-state index in [1.165, 1.54) is 95.4 Å². The molecule has 0 aliphatic heterocycles. The van der Waals surface area contributed by atoms with Crippen LogP contribution in [-0.2, 0) is 0 Å². The van der Waals surface area contributed by atoms with Crippen molar-refractivity contribution >= 4 is 23.2 Å². The van der Waals surface area contributed by atoms with E-state index in [0.29, 0.717) is 0 Å². The van der Waals surface area contributed by atoms with E-state index in [2.05, 4.69) is 6.92 Å². The van der Waals surface area contributed by atoms with Crippen LogP contribution in [0.4, 0.5) is 0 Å². The lowest BCUT2D eigenvalue weighted by molar-refractivity contribution is 0.536. The molecule has 0 nitrogen and oxygen atoms in total. The molecule has 0 heterocycles. The number of hydrogen-bond donors (Lipinski definition) is 0. The summed E-state index contributed by atoms with van der Waals surface area (Å²) < 4.78 is 0. The quantitative estimate of drug-likeness (QED) is 0.267.